The number of rotatable bonds is 14. The lowest BCUT2D eigenvalue weighted by Crippen LogP contribution is -2.55. The van der Waals surface area contributed by atoms with E-state index in [1.165, 1.54) is 6.42 Å². The molecule has 2 unspecified atom stereocenters. The number of carbonyl (C=O) groups is 2. The molecule has 2 aliphatic rings. The highest BCUT2D eigenvalue weighted by Gasteiger charge is 2.50. The van der Waals surface area contributed by atoms with Crippen LogP contribution in [0.4, 0.5) is 16.2 Å². The van der Waals surface area contributed by atoms with E-state index in [0.717, 1.165) is 50.8 Å². The van der Waals surface area contributed by atoms with Crippen LogP contribution < -0.4 is 30.2 Å². The van der Waals surface area contributed by atoms with Crippen LogP contribution in [-0.4, -0.2) is 62.0 Å². The highest BCUT2D eigenvalue weighted by Crippen LogP contribution is 2.45. The van der Waals surface area contributed by atoms with E-state index in [9.17, 15) is 9.59 Å². The third-order valence-corrected chi connectivity index (χ3v) is 8.98. The lowest BCUT2D eigenvalue weighted by Gasteiger charge is -2.44. The Hall–Kier alpha value is -4.28. The van der Waals surface area contributed by atoms with E-state index in [1.54, 1.807) is 68.8 Å². The molecule has 2 heterocycles. The van der Waals surface area contributed by atoms with Crippen molar-refractivity contribution in [1.29, 1.82) is 0 Å². The normalized spacial score (nSPS) is 19.0. The fraction of sp³-hybridized carbons (Fsp3) is 0.444. The molecule has 246 valence electrons. The van der Waals surface area contributed by atoms with Crippen LogP contribution in [0.15, 0.2) is 66.7 Å². The summed E-state index contributed by atoms with van der Waals surface area (Å²) in [5.74, 6) is 2.10. The van der Waals surface area contributed by atoms with E-state index in [4.69, 9.17) is 18.9 Å². The minimum absolute atomic E-state index is 0.122. The molecule has 3 amide bonds. The van der Waals surface area contributed by atoms with Gasteiger partial charge in [0.2, 0.25) is 0 Å². The lowest BCUT2D eigenvalue weighted by atomic mass is 9.99. The quantitative estimate of drug-likeness (QED) is 0.170. The Kier molecular flexibility index (Phi) is 11.0. The van der Waals surface area contributed by atoms with Crippen LogP contribution in [0.1, 0.15) is 69.2 Å². The highest BCUT2D eigenvalue weighted by atomic mass is 16.5. The summed E-state index contributed by atoms with van der Waals surface area (Å²) < 4.78 is 23.5. The number of hydrogen-bond acceptors (Lipinski definition) is 7. The summed E-state index contributed by atoms with van der Waals surface area (Å²) in [7, 11) is 3.28. The van der Waals surface area contributed by atoms with Crippen LogP contribution in [0.25, 0.3) is 0 Å². The van der Waals surface area contributed by atoms with Crippen LogP contribution in [0, 0.1) is 0 Å². The van der Waals surface area contributed by atoms with Gasteiger partial charge in [0.05, 0.1) is 13.7 Å². The maximum absolute atomic E-state index is 13.0. The van der Waals surface area contributed by atoms with Gasteiger partial charge in [0.25, 0.3) is 5.91 Å². The van der Waals surface area contributed by atoms with Crippen molar-refractivity contribution in [2.45, 2.75) is 76.6 Å². The number of amides is 3. The first-order valence-electron chi connectivity index (χ1n) is 16.3. The molecule has 0 spiro atoms. The smallest absolute Gasteiger partial charge is 0.319 e. The molecular formula is C36H46N4O6. The van der Waals surface area contributed by atoms with Gasteiger partial charge in [-0.1, -0.05) is 13.8 Å². The van der Waals surface area contributed by atoms with Crippen molar-refractivity contribution >= 4 is 23.3 Å². The summed E-state index contributed by atoms with van der Waals surface area (Å²) in [6.07, 6.45) is 7.25. The number of urea groups is 1. The molecule has 2 aliphatic heterocycles. The van der Waals surface area contributed by atoms with Crippen molar-refractivity contribution in [3.8, 4) is 23.0 Å². The first-order valence-corrected chi connectivity index (χ1v) is 16.3. The monoisotopic (exact) mass is 630 g/mol. The number of carbonyl (C=O) groups excluding carboxylic acids is 2. The van der Waals surface area contributed by atoms with Gasteiger partial charge < -0.3 is 34.9 Å². The molecular weight excluding hydrogens is 584 g/mol. The van der Waals surface area contributed by atoms with Crippen molar-refractivity contribution in [1.82, 2.24) is 10.2 Å². The number of benzene rings is 3. The van der Waals surface area contributed by atoms with Crippen molar-refractivity contribution in [3.63, 3.8) is 0 Å². The van der Waals surface area contributed by atoms with Crippen molar-refractivity contribution < 1.29 is 28.5 Å². The fourth-order valence-electron chi connectivity index (χ4n) is 6.45. The molecule has 2 fully saturated rings. The number of hydrogen-bond donors (Lipinski definition) is 3. The molecule has 0 aliphatic carbocycles. The SMILES string of the molecule is CCC(CC)NC(=O)Nc1ccc(Oc2ccc(NC(=O)c3ccc(OC45CCCC(CC4)N5CCOC)cc3)cc2)c(OC)c1. The van der Waals surface area contributed by atoms with E-state index in [0.29, 0.717) is 46.8 Å². The van der Waals surface area contributed by atoms with Crippen LogP contribution >= 0.6 is 0 Å². The average molecular weight is 631 g/mol. The van der Waals surface area contributed by atoms with Crippen LogP contribution in [0.3, 0.4) is 0 Å². The number of anilines is 2. The molecule has 2 saturated heterocycles. The Labute approximate surface area is 271 Å². The van der Waals surface area contributed by atoms with Crippen LogP contribution in [0.2, 0.25) is 0 Å². The molecule has 10 heteroatoms. The fourth-order valence-corrected chi connectivity index (χ4v) is 6.45. The first kappa shape index (κ1) is 33.1. The summed E-state index contributed by atoms with van der Waals surface area (Å²) >= 11 is 0. The number of nitrogens with zero attached hydrogens (tertiary/aromatic N) is 1. The topological polar surface area (TPSA) is 110 Å². The molecule has 3 aromatic rings. The Balaban J connectivity index is 1.16. The van der Waals surface area contributed by atoms with E-state index >= 15 is 0 Å². The predicted molar refractivity (Wildman–Crippen MR) is 179 cm³/mol. The Morgan fingerprint density at radius 3 is 2.28 bits per heavy atom. The molecule has 0 saturated carbocycles. The number of methoxy groups -OCH3 is 2. The van der Waals surface area contributed by atoms with Gasteiger partial charge in [-0.15, -0.1) is 0 Å². The Bertz CT molecular complexity index is 1460. The zero-order chi connectivity index (χ0) is 32.5. The van der Waals surface area contributed by atoms with E-state index in [-0.39, 0.29) is 23.7 Å². The van der Waals surface area contributed by atoms with Crippen LogP contribution in [0.5, 0.6) is 23.0 Å². The van der Waals surface area contributed by atoms with Gasteiger partial charge in [0.15, 0.2) is 17.2 Å². The average Bonchev–Trinajstić information content (AvgIpc) is 3.25. The van der Waals surface area contributed by atoms with Gasteiger partial charge in [-0.05, 0) is 92.8 Å². The van der Waals surface area contributed by atoms with Gasteiger partial charge in [0.1, 0.15) is 11.5 Å². The first-order chi connectivity index (χ1) is 22.4. The second-order valence-corrected chi connectivity index (χ2v) is 11.9. The van der Waals surface area contributed by atoms with Gasteiger partial charge in [-0.3, -0.25) is 9.69 Å². The van der Waals surface area contributed by atoms with Gasteiger partial charge >= 0.3 is 6.03 Å². The maximum Gasteiger partial charge on any atom is 0.319 e. The molecule has 3 N–H and O–H groups in total. The molecule has 46 heavy (non-hydrogen) atoms. The van der Waals surface area contributed by atoms with E-state index in [2.05, 4.69) is 20.9 Å². The van der Waals surface area contributed by atoms with Crippen LogP contribution in [-0.2, 0) is 4.74 Å². The summed E-state index contributed by atoms with van der Waals surface area (Å²) in [5, 5.41) is 8.74. The van der Waals surface area contributed by atoms with Crippen molar-refractivity contribution in [2.75, 3.05) is 38.0 Å². The molecule has 0 radical (unpaired) electrons. The third kappa shape index (κ3) is 7.92. The molecule has 2 bridgehead atoms. The number of piperidine rings is 1. The third-order valence-electron chi connectivity index (χ3n) is 8.98. The summed E-state index contributed by atoms with van der Waals surface area (Å²) in [6.45, 7) is 5.63. The Morgan fingerprint density at radius 1 is 0.870 bits per heavy atom. The van der Waals surface area contributed by atoms with Gasteiger partial charge in [-0.25, -0.2) is 4.79 Å². The zero-order valence-electron chi connectivity index (χ0n) is 27.3. The summed E-state index contributed by atoms with van der Waals surface area (Å²) in [4.78, 5) is 27.8. The van der Waals surface area contributed by atoms with E-state index in [1.807, 2.05) is 26.0 Å². The second kappa shape index (κ2) is 15.3. The van der Waals surface area contributed by atoms with Gasteiger partial charge in [-0.2, -0.15) is 0 Å². The van der Waals surface area contributed by atoms with Crippen molar-refractivity contribution in [2.24, 2.45) is 0 Å². The molecule has 2 atom stereocenters. The van der Waals surface area contributed by atoms with E-state index < -0.39 is 0 Å². The Morgan fingerprint density at radius 2 is 1.59 bits per heavy atom. The highest BCUT2D eigenvalue weighted by molar-refractivity contribution is 6.04. The number of nitrogens with one attached hydrogen (secondary N) is 3. The molecule has 5 rings (SSSR count). The minimum atomic E-state index is -0.290. The van der Waals surface area contributed by atoms with Gasteiger partial charge in [0, 0.05) is 61.6 Å². The molecule has 10 nitrogen and oxygen atoms in total. The standard InChI is InChI=1S/C36H46N4O6/c1-5-26(6-2)38-35(42)39-28-13-18-32(33(24-28)44-4)45-30-16-11-27(12-17-30)37-34(41)25-9-14-31(15-10-25)46-36-20-7-8-29(19-21-36)40(36)22-23-43-3/h9-18,24,26,29H,5-8,19-23H2,1-4H3,(H,37,41)(H2,38,39,42). The number of fused-ring (bicyclic) bond motifs is 2. The summed E-state index contributed by atoms with van der Waals surface area (Å²) in [6, 6.07) is 20.1. The predicted octanol–water partition coefficient (Wildman–Crippen LogP) is 7.42. The molecule has 0 aromatic heterocycles. The van der Waals surface area contributed by atoms with Crippen molar-refractivity contribution in [3.05, 3.63) is 72.3 Å². The second-order valence-electron chi connectivity index (χ2n) is 11.9. The largest absolute Gasteiger partial charge is 0.493 e. The maximum atomic E-state index is 13.0. The molecule has 3 aromatic carbocycles. The zero-order valence-corrected chi connectivity index (χ0v) is 27.3. The number of ether oxygens (including phenoxy) is 4. The summed E-state index contributed by atoms with van der Waals surface area (Å²) in [5.41, 5.74) is 1.48. The lowest BCUT2D eigenvalue weighted by molar-refractivity contribution is -0.104. The minimum Gasteiger partial charge on any atom is -0.493 e.